The van der Waals surface area contributed by atoms with Crippen LogP contribution < -0.4 is 10.9 Å². The third-order valence-corrected chi connectivity index (χ3v) is 3.71. The van der Waals surface area contributed by atoms with E-state index >= 15 is 0 Å². The van der Waals surface area contributed by atoms with Crippen LogP contribution in [-0.4, -0.2) is 15.7 Å². The highest BCUT2D eigenvalue weighted by Crippen LogP contribution is 2.09. The van der Waals surface area contributed by atoms with Gasteiger partial charge >= 0.3 is 0 Å². The van der Waals surface area contributed by atoms with Crippen molar-refractivity contribution in [3.63, 3.8) is 0 Å². The molecule has 1 aromatic heterocycles. The molecule has 3 aromatic rings. The van der Waals surface area contributed by atoms with Crippen molar-refractivity contribution in [2.75, 3.05) is 0 Å². The predicted molar refractivity (Wildman–Crippen MR) is 92.5 cm³/mol. The molecule has 5 nitrogen and oxygen atoms in total. The van der Waals surface area contributed by atoms with Crippen LogP contribution in [0.15, 0.2) is 71.7 Å². The lowest BCUT2D eigenvalue weighted by molar-refractivity contribution is 0.0948. The van der Waals surface area contributed by atoms with E-state index in [2.05, 4.69) is 10.4 Å². The zero-order valence-corrected chi connectivity index (χ0v) is 13.4. The van der Waals surface area contributed by atoms with Crippen molar-refractivity contribution in [1.82, 2.24) is 15.1 Å². The fraction of sp³-hybridized carbons (Fsp3) is 0.0556. The molecule has 120 valence electrons. The van der Waals surface area contributed by atoms with Gasteiger partial charge in [0, 0.05) is 17.8 Å². The summed E-state index contributed by atoms with van der Waals surface area (Å²) in [6, 6.07) is 17.5. The van der Waals surface area contributed by atoms with Gasteiger partial charge in [0.25, 0.3) is 11.5 Å². The van der Waals surface area contributed by atoms with E-state index in [0.717, 1.165) is 5.56 Å². The number of benzene rings is 2. The monoisotopic (exact) mass is 339 g/mol. The van der Waals surface area contributed by atoms with Crippen LogP contribution in [0.3, 0.4) is 0 Å². The van der Waals surface area contributed by atoms with Gasteiger partial charge in [-0.3, -0.25) is 9.59 Å². The normalized spacial score (nSPS) is 10.4. The third-order valence-electron chi connectivity index (χ3n) is 3.46. The van der Waals surface area contributed by atoms with E-state index in [4.69, 9.17) is 11.6 Å². The molecule has 0 bridgehead atoms. The molecule has 0 unspecified atom stereocenters. The SMILES string of the molecule is O=C(NCc1ccc(Cl)cc1)c1ccnn(-c2ccccc2)c1=O. The Morgan fingerprint density at radius 1 is 1.04 bits per heavy atom. The zero-order valence-electron chi connectivity index (χ0n) is 12.6. The minimum absolute atomic E-state index is 0.0443. The maximum absolute atomic E-state index is 12.5. The van der Waals surface area contributed by atoms with E-state index in [9.17, 15) is 9.59 Å². The molecular weight excluding hydrogens is 326 g/mol. The Labute approximate surface area is 143 Å². The Bertz CT molecular complexity index is 906. The summed E-state index contributed by atoms with van der Waals surface area (Å²) in [5.41, 5.74) is 1.08. The molecule has 0 atom stereocenters. The summed E-state index contributed by atoms with van der Waals surface area (Å²) in [4.78, 5) is 24.8. The number of carbonyl (C=O) groups is 1. The molecule has 24 heavy (non-hydrogen) atoms. The molecule has 0 fully saturated rings. The average molecular weight is 340 g/mol. The van der Waals surface area contributed by atoms with Gasteiger partial charge in [0.2, 0.25) is 0 Å². The van der Waals surface area contributed by atoms with Gasteiger partial charge in [-0.1, -0.05) is 41.9 Å². The van der Waals surface area contributed by atoms with Crippen LogP contribution in [0.5, 0.6) is 0 Å². The lowest BCUT2D eigenvalue weighted by atomic mass is 10.2. The van der Waals surface area contributed by atoms with Crippen LogP contribution in [-0.2, 0) is 6.54 Å². The van der Waals surface area contributed by atoms with Gasteiger partial charge in [-0.15, -0.1) is 0 Å². The Balaban J connectivity index is 1.80. The maximum Gasteiger partial charge on any atom is 0.284 e. The summed E-state index contributed by atoms with van der Waals surface area (Å²) in [7, 11) is 0. The first-order valence-electron chi connectivity index (χ1n) is 7.31. The highest BCUT2D eigenvalue weighted by molar-refractivity contribution is 6.30. The molecule has 0 radical (unpaired) electrons. The molecule has 0 aliphatic heterocycles. The second kappa shape index (κ2) is 7.10. The first kappa shape index (κ1) is 16.0. The van der Waals surface area contributed by atoms with E-state index < -0.39 is 11.5 Å². The van der Waals surface area contributed by atoms with Crippen molar-refractivity contribution < 1.29 is 4.79 Å². The van der Waals surface area contributed by atoms with Crippen molar-refractivity contribution in [1.29, 1.82) is 0 Å². The van der Waals surface area contributed by atoms with Gasteiger partial charge in [0.05, 0.1) is 5.69 Å². The molecule has 1 amide bonds. The summed E-state index contributed by atoms with van der Waals surface area (Å²) in [5.74, 6) is -0.443. The number of para-hydroxylation sites is 1. The number of hydrogen-bond donors (Lipinski definition) is 1. The van der Waals surface area contributed by atoms with E-state index in [0.29, 0.717) is 17.3 Å². The number of rotatable bonds is 4. The topological polar surface area (TPSA) is 64.0 Å². The standard InChI is InChI=1S/C18H14ClN3O2/c19-14-8-6-13(7-9-14)12-20-17(23)16-10-11-21-22(18(16)24)15-4-2-1-3-5-15/h1-11H,12H2,(H,20,23). The molecule has 6 heteroatoms. The Kier molecular flexibility index (Phi) is 4.72. The Morgan fingerprint density at radius 3 is 2.46 bits per heavy atom. The number of carbonyl (C=O) groups excluding carboxylic acids is 1. The van der Waals surface area contributed by atoms with Crippen LogP contribution >= 0.6 is 11.6 Å². The molecule has 2 aromatic carbocycles. The van der Waals surface area contributed by atoms with Crippen LogP contribution in [0.2, 0.25) is 5.02 Å². The van der Waals surface area contributed by atoms with Gasteiger partial charge in [0.15, 0.2) is 0 Å². The average Bonchev–Trinajstić information content (AvgIpc) is 2.62. The lowest BCUT2D eigenvalue weighted by Gasteiger charge is -2.08. The van der Waals surface area contributed by atoms with Crippen molar-refractivity contribution >= 4 is 17.5 Å². The first-order chi connectivity index (χ1) is 11.6. The Hall–Kier alpha value is -2.92. The number of aromatic nitrogens is 2. The maximum atomic E-state index is 12.5. The molecule has 1 heterocycles. The summed E-state index contributed by atoms with van der Waals surface area (Å²) in [5, 5.41) is 7.39. The van der Waals surface area contributed by atoms with Gasteiger partial charge in [-0.2, -0.15) is 9.78 Å². The van der Waals surface area contributed by atoms with Crippen LogP contribution in [0.1, 0.15) is 15.9 Å². The quantitative estimate of drug-likeness (QED) is 0.795. The summed E-state index contributed by atoms with van der Waals surface area (Å²) >= 11 is 5.83. The number of nitrogens with one attached hydrogen (secondary N) is 1. The van der Waals surface area contributed by atoms with Crippen LogP contribution in [0.4, 0.5) is 0 Å². The van der Waals surface area contributed by atoms with Gasteiger partial charge in [0.1, 0.15) is 5.56 Å². The lowest BCUT2D eigenvalue weighted by Crippen LogP contribution is -2.33. The second-order valence-electron chi connectivity index (χ2n) is 5.11. The highest BCUT2D eigenvalue weighted by atomic mass is 35.5. The van der Waals surface area contributed by atoms with E-state index in [1.165, 1.54) is 16.9 Å². The third kappa shape index (κ3) is 3.52. The molecule has 3 rings (SSSR count). The Morgan fingerprint density at radius 2 is 1.75 bits per heavy atom. The summed E-state index contributed by atoms with van der Waals surface area (Å²) in [6.07, 6.45) is 1.44. The molecule has 0 aliphatic carbocycles. The minimum atomic E-state index is -0.461. The van der Waals surface area contributed by atoms with E-state index in [1.54, 1.807) is 36.4 Å². The predicted octanol–water partition coefficient (Wildman–Crippen LogP) is 2.82. The zero-order chi connectivity index (χ0) is 16.9. The summed E-state index contributed by atoms with van der Waals surface area (Å²) in [6.45, 7) is 0.309. The molecule has 0 aliphatic rings. The van der Waals surface area contributed by atoms with Crippen molar-refractivity contribution in [3.8, 4) is 5.69 Å². The van der Waals surface area contributed by atoms with Crippen LogP contribution in [0.25, 0.3) is 5.69 Å². The molecule has 0 saturated carbocycles. The van der Waals surface area contributed by atoms with Gasteiger partial charge in [-0.05, 0) is 35.9 Å². The summed E-state index contributed by atoms with van der Waals surface area (Å²) < 4.78 is 1.21. The molecule has 0 saturated heterocycles. The molecule has 1 N–H and O–H groups in total. The number of amides is 1. The van der Waals surface area contributed by atoms with Gasteiger partial charge in [-0.25, -0.2) is 0 Å². The number of hydrogen-bond acceptors (Lipinski definition) is 3. The van der Waals surface area contributed by atoms with Crippen molar-refractivity contribution in [2.24, 2.45) is 0 Å². The smallest absolute Gasteiger partial charge is 0.284 e. The molecule has 0 spiro atoms. The van der Waals surface area contributed by atoms with Crippen molar-refractivity contribution in [2.45, 2.75) is 6.54 Å². The minimum Gasteiger partial charge on any atom is -0.348 e. The van der Waals surface area contributed by atoms with E-state index in [-0.39, 0.29) is 5.56 Å². The number of halogens is 1. The van der Waals surface area contributed by atoms with Crippen molar-refractivity contribution in [3.05, 3.63) is 93.4 Å². The largest absolute Gasteiger partial charge is 0.348 e. The molecular formula is C18H14ClN3O2. The van der Waals surface area contributed by atoms with Crippen LogP contribution in [0, 0.1) is 0 Å². The first-order valence-corrected chi connectivity index (χ1v) is 7.69. The highest BCUT2D eigenvalue weighted by Gasteiger charge is 2.13. The van der Waals surface area contributed by atoms with Gasteiger partial charge < -0.3 is 5.32 Å². The second-order valence-corrected chi connectivity index (χ2v) is 5.54. The fourth-order valence-electron chi connectivity index (χ4n) is 2.22. The van der Waals surface area contributed by atoms with E-state index in [1.807, 2.05) is 18.2 Å². The number of nitrogens with zero attached hydrogens (tertiary/aromatic N) is 2. The fourth-order valence-corrected chi connectivity index (χ4v) is 2.34.